The molecule has 5 nitrogen and oxygen atoms in total. The third-order valence-electron chi connectivity index (χ3n) is 3.58. The van der Waals surface area contributed by atoms with Gasteiger partial charge in [-0.3, -0.25) is 0 Å². The van der Waals surface area contributed by atoms with E-state index in [9.17, 15) is 0 Å². The Morgan fingerprint density at radius 1 is 1.26 bits per heavy atom. The quantitative estimate of drug-likeness (QED) is 0.279. The third kappa shape index (κ3) is 3.30. The highest BCUT2D eigenvalue weighted by atomic mass is 16.4. The van der Waals surface area contributed by atoms with Crippen LogP contribution in [-0.4, -0.2) is 37.7 Å². The van der Waals surface area contributed by atoms with Crippen molar-refractivity contribution in [2.45, 2.75) is 19.3 Å². The topological polar surface area (TPSA) is 65.1 Å². The summed E-state index contributed by atoms with van der Waals surface area (Å²) in [5.41, 5.74) is 8.07. The molecular formula is C14H22N4O. The number of nitrogens with zero attached hydrogens (tertiary/aromatic N) is 3. The molecule has 0 atom stereocenters. The van der Waals surface area contributed by atoms with Gasteiger partial charge in [0.05, 0.1) is 11.4 Å². The summed E-state index contributed by atoms with van der Waals surface area (Å²) in [5, 5.41) is 11.5. The number of hydrogen-bond donors (Lipinski definition) is 2. The van der Waals surface area contributed by atoms with Gasteiger partial charge in [0.2, 0.25) is 0 Å². The Bertz CT molecular complexity index is 447. The highest BCUT2D eigenvalue weighted by molar-refractivity contribution is 5.79. The summed E-state index contributed by atoms with van der Waals surface area (Å²) in [6.45, 7) is 3.12. The number of unbranched alkanes of at least 4 members (excludes halogenated alkanes) is 1. The van der Waals surface area contributed by atoms with E-state index in [0.29, 0.717) is 12.3 Å². The van der Waals surface area contributed by atoms with Crippen LogP contribution in [0.25, 0.3) is 0 Å². The van der Waals surface area contributed by atoms with Gasteiger partial charge < -0.3 is 20.7 Å². The van der Waals surface area contributed by atoms with Crippen LogP contribution in [0.4, 0.5) is 11.4 Å². The van der Waals surface area contributed by atoms with Gasteiger partial charge in [0.1, 0.15) is 5.84 Å². The predicted octanol–water partition coefficient (Wildman–Crippen LogP) is 1.86. The molecule has 19 heavy (non-hydrogen) atoms. The van der Waals surface area contributed by atoms with E-state index in [0.717, 1.165) is 32.5 Å². The largest absolute Gasteiger partial charge is 0.409 e. The van der Waals surface area contributed by atoms with E-state index in [1.807, 2.05) is 0 Å². The number of para-hydroxylation sites is 2. The Kier molecular flexibility index (Phi) is 4.49. The molecule has 1 aliphatic rings. The fourth-order valence-electron chi connectivity index (χ4n) is 2.46. The lowest BCUT2D eigenvalue weighted by atomic mass is 10.1. The van der Waals surface area contributed by atoms with Gasteiger partial charge in [-0.25, -0.2) is 0 Å². The third-order valence-corrected chi connectivity index (χ3v) is 3.58. The molecule has 0 saturated carbocycles. The maximum atomic E-state index is 8.49. The fraction of sp³-hybridized carbons (Fsp3) is 0.500. The van der Waals surface area contributed by atoms with Crippen LogP contribution in [-0.2, 0) is 0 Å². The van der Waals surface area contributed by atoms with Gasteiger partial charge in [0.25, 0.3) is 0 Å². The molecule has 0 aromatic heterocycles. The van der Waals surface area contributed by atoms with Gasteiger partial charge in [-0.2, -0.15) is 0 Å². The van der Waals surface area contributed by atoms with Crippen LogP contribution in [0.1, 0.15) is 19.3 Å². The van der Waals surface area contributed by atoms with Crippen LogP contribution in [0, 0.1) is 0 Å². The normalized spacial score (nSPS) is 15.5. The molecule has 1 aromatic carbocycles. The molecule has 0 saturated heterocycles. The number of anilines is 2. The van der Waals surface area contributed by atoms with Gasteiger partial charge >= 0.3 is 0 Å². The average molecular weight is 262 g/mol. The summed E-state index contributed by atoms with van der Waals surface area (Å²) in [5.74, 6) is 0.318. The minimum absolute atomic E-state index is 0.318. The molecule has 1 heterocycles. The Hall–Kier alpha value is -1.91. The number of benzene rings is 1. The first kappa shape index (κ1) is 13.5. The van der Waals surface area contributed by atoms with Crippen molar-refractivity contribution in [3.63, 3.8) is 0 Å². The van der Waals surface area contributed by atoms with E-state index in [1.165, 1.54) is 11.4 Å². The van der Waals surface area contributed by atoms with Crippen molar-refractivity contribution in [3.8, 4) is 0 Å². The molecule has 0 fully saturated rings. The Balaban J connectivity index is 1.90. The first-order chi connectivity index (χ1) is 9.22. The van der Waals surface area contributed by atoms with Crippen LogP contribution < -0.4 is 15.5 Å². The number of fused-ring (bicyclic) bond motifs is 1. The van der Waals surface area contributed by atoms with E-state index in [4.69, 9.17) is 10.9 Å². The second-order valence-corrected chi connectivity index (χ2v) is 4.95. The molecular weight excluding hydrogens is 240 g/mol. The summed E-state index contributed by atoms with van der Waals surface area (Å²) in [4.78, 5) is 4.71. The smallest absolute Gasteiger partial charge is 0.139 e. The number of hydrogen-bond acceptors (Lipinski definition) is 4. The molecule has 0 aliphatic carbocycles. The van der Waals surface area contributed by atoms with E-state index < -0.39 is 0 Å². The van der Waals surface area contributed by atoms with Crippen molar-refractivity contribution < 1.29 is 5.21 Å². The zero-order chi connectivity index (χ0) is 13.7. The van der Waals surface area contributed by atoms with Crippen molar-refractivity contribution in [1.82, 2.24) is 0 Å². The Morgan fingerprint density at radius 2 is 2.00 bits per heavy atom. The summed E-state index contributed by atoms with van der Waals surface area (Å²) in [6, 6.07) is 8.51. The minimum Gasteiger partial charge on any atom is -0.409 e. The average Bonchev–Trinajstić information content (AvgIpc) is 2.45. The van der Waals surface area contributed by atoms with Gasteiger partial charge in [-0.1, -0.05) is 17.3 Å². The van der Waals surface area contributed by atoms with Gasteiger partial charge in [-0.05, 0) is 25.0 Å². The molecule has 1 aliphatic heterocycles. The van der Waals surface area contributed by atoms with Crippen molar-refractivity contribution in [2.24, 2.45) is 10.9 Å². The van der Waals surface area contributed by atoms with Crippen LogP contribution in [0.5, 0.6) is 0 Å². The van der Waals surface area contributed by atoms with Crippen molar-refractivity contribution in [2.75, 3.05) is 36.5 Å². The predicted molar refractivity (Wildman–Crippen MR) is 79.2 cm³/mol. The monoisotopic (exact) mass is 262 g/mol. The number of nitrogens with two attached hydrogens (primary N) is 1. The summed E-state index contributed by atoms with van der Waals surface area (Å²) in [7, 11) is 2.13. The highest BCUT2D eigenvalue weighted by Crippen LogP contribution is 2.31. The first-order valence-electron chi connectivity index (χ1n) is 6.74. The summed E-state index contributed by atoms with van der Waals surface area (Å²) >= 11 is 0. The first-order valence-corrected chi connectivity index (χ1v) is 6.74. The van der Waals surface area contributed by atoms with Crippen LogP contribution >= 0.6 is 0 Å². The van der Waals surface area contributed by atoms with Crippen molar-refractivity contribution in [3.05, 3.63) is 24.3 Å². The summed E-state index contributed by atoms with van der Waals surface area (Å²) in [6.07, 6.45) is 2.66. The number of amidine groups is 1. The molecule has 0 spiro atoms. The van der Waals surface area contributed by atoms with E-state index in [-0.39, 0.29) is 0 Å². The molecule has 104 valence electrons. The zero-order valence-electron chi connectivity index (χ0n) is 11.4. The number of likely N-dealkylation sites (N-methyl/N-ethyl adjacent to an activating group) is 1. The van der Waals surface area contributed by atoms with Crippen molar-refractivity contribution in [1.29, 1.82) is 0 Å². The second-order valence-electron chi connectivity index (χ2n) is 4.95. The van der Waals surface area contributed by atoms with E-state index in [1.54, 1.807) is 0 Å². The molecule has 0 bridgehead atoms. The second kappa shape index (κ2) is 6.31. The standard InChI is InChI=1S/C14H22N4O/c1-17-10-11-18(9-5-4-8-14(15)16-19)13-7-3-2-6-12(13)17/h2-3,6-7,19H,4-5,8-11H2,1H3,(H2,15,16). The molecule has 3 N–H and O–H groups in total. The number of rotatable bonds is 5. The van der Waals surface area contributed by atoms with Gasteiger partial charge in [0.15, 0.2) is 0 Å². The number of oxime groups is 1. The van der Waals surface area contributed by atoms with E-state index >= 15 is 0 Å². The minimum atomic E-state index is 0.318. The lowest BCUT2D eigenvalue weighted by Crippen LogP contribution is -2.39. The molecule has 0 radical (unpaired) electrons. The molecule has 0 amide bonds. The lowest BCUT2D eigenvalue weighted by molar-refractivity contribution is 0.316. The van der Waals surface area contributed by atoms with Crippen molar-refractivity contribution >= 4 is 17.2 Å². The maximum Gasteiger partial charge on any atom is 0.139 e. The zero-order valence-corrected chi connectivity index (χ0v) is 11.4. The molecule has 0 unspecified atom stereocenters. The Morgan fingerprint density at radius 3 is 2.74 bits per heavy atom. The van der Waals surface area contributed by atoms with Gasteiger partial charge in [0, 0.05) is 33.1 Å². The lowest BCUT2D eigenvalue weighted by Gasteiger charge is -2.37. The van der Waals surface area contributed by atoms with Gasteiger partial charge in [-0.15, -0.1) is 0 Å². The highest BCUT2D eigenvalue weighted by Gasteiger charge is 2.18. The van der Waals surface area contributed by atoms with Crippen LogP contribution in [0.3, 0.4) is 0 Å². The molecule has 1 aromatic rings. The fourth-order valence-corrected chi connectivity index (χ4v) is 2.46. The molecule has 2 rings (SSSR count). The maximum absolute atomic E-state index is 8.49. The van der Waals surface area contributed by atoms with Crippen LogP contribution in [0.15, 0.2) is 29.4 Å². The Labute approximate surface area is 114 Å². The molecule has 5 heteroatoms. The summed E-state index contributed by atoms with van der Waals surface area (Å²) < 4.78 is 0. The van der Waals surface area contributed by atoms with E-state index in [2.05, 4.69) is 46.3 Å². The SMILES string of the molecule is CN1CCN(CCCCC(N)=NO)c2ccccc21. The van der Waals surface area contributed by atoms with Crippen LogP contribution in [0.2, 0.25) is 0 Å².